The summed E-state index contributed by atoms with van der Waals surface area (Å²) in [6.45, 7) is 7.37. The Balaban J connectivity index is 2.35. The summed E-state index contributed by atoms with van der Waals surface area (Å²) in [6.07, 6.45) is -0.0273. The maximum atomic E-state index is 12.4. The fourth-order valence-electron chi connectivity index (χ4n) is 1.73. The van der Waals surface area contributed by atoms with E-state index < -0.39 is 5.91 Å². The topological polar surface area (TPSA) is 93.4 Å². The van der Waals surface area contributed by atoms with E-state index in [1.165, 1.54) is 28.5 Å². The minimum atomic E-state index is -0.447. The summed E-state index contributed by atoms with van der Waals surface area (Å²) in [5, 5.41) is 8.49. The second-order valence-corrected chi connectivity index (χ2v) is 8.85. The fraction of sp³-hybridized carbons (Fsp3) is 0.200. The van der Waals surface area contributed by atoms with Crippen LogP contribution in [0.1, 0.15) is 24.2 Å². The first-order valence-corrected chi connectivity index (χ1v) is 10.0. The highest BCUT2D eigenvalue weighted by atomic mass is 32.2. The minimum absolute atomic E-state index is 0.0273. The lowest BCUT2D eigenvalue weighted by atomic mass is 10.2. The monoisotopic (exact) mass is 412 g/mol. The Bertz CT molecular complexity index is 857. The Hall–Kier alpha value is -1.62. The van der Waals surface area contributed by atoms with Crippen LogP contribution in [0.4, 0.5) is 0 Å². The van der Waals surface area contributed by atoms with Gasteiger partial charge < -0.3 is 10.5 Å². The molecule has 0 bridgehead atoms. The Morgan fingerprint density at radius 1 is 1.52 bits per heavy atom. The normalized spacial score (nSPS) is 11.6. The van der Waals surface area contributed by atoms with E-state index in [0.29, 0.717) is 15.3 Å². The second-order valence-electron chi connectivity index (χ2n) is 4.88. The number of nitrogens with two attached hydrogens (primary N) is 1. The fourth-order valence-corrected chi connectivity index (χ4v) is 4.18. The number of amidine groups is 1. The molecule has 0 spiro atoms. The van der Waals surface area contributed by atoms with Crippen LogP contribution in [0, 0.1) is 3.95 Å². The maximum absolute atomic E-state index is 12.4. The van der Waals surface area contributed by atoms with Crippen molar-refractivity contribution >= 4 is 58.2 Å². The minimum Gasteiger partial charge on any atom is -0.491 e. The molecule has 0 unspecified atom stereocenters. The number of thioether (sulfide) groups is 1. The number of aromatic nitrogens is 2. The van der Waals surface area contributed by atoms with E-state index >= 15 is 0 Å². The lowest BCUT2D eigenvalue weighted by Crippen LogP contribution is -2.10. The van der Waals surface area contributed by atoms with Crippen LogP contribution in [0.5, 0.6) is 5.75 Å². The van der Waals surface area contributed by atoms with Crippen molar-refractivity contribution in [3.8, 4) is 5.75 Å². The van der Waals surface area contributed by atoms with Gasteiger partial charge >= 0.3 is 0 Å². The van der Waals surface area contributed by atoms with Crippen LogP contribution in [-0.2, 0) is 0 Å². The molecule has 25 heavy (non-hydrogen) atoms. The van der Waals surface area contributed by atoms with Crippen molar-refractivity contribution in [2.75, 3.05) is 0 Å². The largest absolute Gasteiger partial charge is 0.491 e. The number of hydrogen-bond acceptors (Lipinski definition) is 7. The molecular weight excluding hydrogens is 396 g/mol. The first-order chi connectivity index (χ1) is 11.9. The van der Waals surface area contributed by atoms with Crippen LogP contribution in [-0.4, -0.2) is 27.4 Å². The molecule has 1 aromatic carbocycles. The number of carbonyl (C=O) groups excluding carboxylic acids is 1. The summed E-state index contributed by atoms with van der Waals surface area (Å²) in [5.74, 6) is 0.130. The van der Waals surface area contributed by atoms with Crippen LogP contribution in [0.3, 0.4) is 0 Å². The zero-order chi connectivity index (χ0) is 18.4. The molecule has 0 aliphatic heterocycles. The van der Waals surface area contributed by atoms with Crippen LogP contribution in [0.2, 0.25) is 0 Å². The average Bonchev–Trinajstić information content (AvgIpc) is 2.91. The molecular formula is C15H16N4O2S4. The Labute approximate surface area is 163 Å². The molecule has 0 radical (unpaired) electrons. The van der Waals surface area contributed by atoms with Crippen molar-refractivity contribution in [1.82, 2.24) is 10.2 Å². The standard InChI is InChI=1S/C15H16N4O2S4/c1-4-23-13(16)17-12(20)9-5-10(21-8(2)3)7-11(6-9)24-15-19-18-14(22)25-15/h4-8H,1H2,2-3H3,(H,18,22)(H2,16,17,20). The number of ether oxygens (including phenoxy) is 1. The summed E-state index contributed by atoms with van der Waals surface area (Å²) >= 11 is 8.87. The lowest BCUT2D eigenvalue weighted by Gasteiger charge is -2.12. The molecule has 0 atom stereocenters. The predicted octanol–water partition coefficient (Wildman–Crippen LogP) is 4.47. The molecule has 2 rings (SSSR count). The number of amides is 1. The van der Waals surface area contributed by atoms with E-state index in [1.54, 1.807) is 12.1 Å². The number of nitrogens with one attached hydrogen (secondary N) is 1. The molecule has 6 nitrogen and oxygen atoms in total. The van der Waals surface area contributed by atoms with Gasteiger partial charge in [-0.2, -0.15) is 10.1 Å². The Morgan fingerprint density at radius 2 is 2.28 bits per heavy atom. The van der Waals surface area contributed by atoms with Crippen LogP contribution < -0.4 is 10.5 Å². The number of nitrogens with zero attached hydrogens (tertiary/aromatic N) is 2. The highest BCUT2D eigenvalue weighted by Gasteiger charge is 2.12. The highest BCUT2D eigenvalue weighted by Crippen LogP contribution is 2.33. The molecule has 1 heterocycles. The second kappa shape index (κ2) is 9.18. The molecule has 132 valence electrons. The third kappa shape index (κ3) is 6.31. The zero-order valence-corrected chi connectivity index (χ0v) is 16.8. The third-order valence-electron chi connectivity index (χ3n) is 2.54. The van der Waals surface area contributed by atoms with Gasteiger partial charge in [0.2, 0.25) is 0 Å². The molecule has 3 N–H and O–H groups in total. The van der Waals surface area contributed by atoms with Gasteiger partial charge in [0.05, 0.1) is 6.10 Å². The van der Waals surface area contributed by atoms with Gasteiger partial charge in [0.15, 0.2) is 13.5 Å². The number of aliphatic imine (C=N–C) groups is 1. The summed E-state index contributed by atoms with van der Waals surface area (Å²) in [4.78, 5) is 17.0. The zero-order valence-electron chi connectivity index (χ0n) is 13.5. The van der Waals surface area contributed by atoms with Crippen LogP contribution >= 0.6 is 47.1 Å². The first-order valence-electron chi connectivity index (χ1n) is 7.08. The summed E-state index contributed by atoms with van der Waals surface area (Å²) in [6, 6.07) is 5.21. The van der Waals surface area contributed by atoms with E-state index in [1.807, 2.05) is 19.9 Å². The highest BCUT2D eigenvalue weighted by molar-refractivity contribution is 8.16. The molecule has 0 saturated heterocycles. The molecule has 2 aromatic rings. The number of H-pyrrole nitrogens is 1. The smallest absolute Gasteiger partial charge is 0.279 e. The molecule has 1 amide bonds. The third-order valence-corrected chi connectivity index (χ3v) is 5.16. The van der Waals surface area contributed by atoms with Gasteiger partial charge in [0.1, 0.15) is 5.75 Å². The molecule has 0 aliphatic rings. The van der Waals surface area contributed by atoms with Crippen molar-refractivity contribution < 1.29 is 9.53 Å². The predicted molar refractivity (Wildman–Crippen MR) is 107 cm³/mol. The molecule has 0 fully saturated rings. The number of rotatable bonds is 6. The van der Waals surface area contributed by atoms with Crippen molar-refractivity contribution in [1.29, 1.82) is 0 Å². The van der Waals surface area contributed by atoms with E-state index in [4.69, 9.17) is 22.7 Å². The molecule has 1 aromatic heterocycles. The van der Waals surface area contributed by atoms with E-state index in [0.717, 1.165) is 21.0 Å². The quantitative estimate of drug-likeness (QED) is 0.411. The van der Waals surface area contributed by atoms with E-state index in [-0.39, 0.29) is 11.3 Å². The van der Waals surface area contributed by atoms with Gasteiger partial charge in [-0.1, -0.05) is 41.4 Å². The summed E-state index contributed by atoms with van der Waals surface area (Å²) in [5.41, 5.74) is 6.05. The van der Waals surface area contributed by atoms with E-state index in [9.17, 15) is 4.79 Å². The van der Waals surface area contributed by atoms with Crippen molar-refractivity contribution in [2.24, 2.45) is 10.7 Å². The van der Waals surface area contributed by atoms with Gasteiger partial charge in [-0.3, -0.25) is 9.89 Å². The van der Waals surface area contributed by atoms with Gasteiger partial charge in [-0.05, 0) is 49.7 Å². The molecule has 10 heteroatoms. The number of aromatic amines is 1. The van der Waals surface area contributed by atoms with Crippen molar-refractivity contribution in [2.45, 2.75) is 29.2 Å². The molecule has 0 aliphatic carbocycles. The van der Waals surface area contributed by atoms with Gasteiger partial charge in [-0.15, -0.1) is 0 Å². The van der Waals surface area contributed by atoms with Gasteiger partial charge in [-0.25, -0.2) is 0 Å². The van der Waals surface area contributed by atoms with Crippen LogP contribution in [0.15, 0.2) is 44.4 Å². The summed E-state index contributed by atoms with van der Waals surface area (Å²) < 4.78 is 7.06. The average molecular weight is 413 g/mol. The first kappa shape index (κ1) is 19.7. The number of hydrogen-bond donors (Lipinski definition) is 2. The number of benzene rings is 1. The van der Waals surface area contributed by atoms with Crippen LogP contribution in [0.25, 0.3) is 0 Å². The van der Waals surface area contributed by atoms with Crippen molar-refractivity contribution in [3.05, 3.63) is 39.7 Å². The Morgan fingerprint density at radius 3 is 2.88 bits per heavy atom. The lowest BCUT2D eigenvalue weighted by molar-refractivity contribution is 0.100. The van der Waals surface area contributed by atoms with Gasteiger partial charge in [0, 0.05) is 10.5 Å². The summed E-state index contributed by atoms with van der Waals surface area (Å²) in [7, 11) is 0. The van der Waals surface area contributed by atoms with Gasteiger partial charge in [0.25, 0.3) is 5.91 Å². The van der Waals surface area contributed by atoms with Crippen molar-refractivity contribution in [3.63, 3.8) is 0 Å². The SMILES string of the molecule is C=CSC(N)=NC(=O)c1cc(OC(C)C)cc(Sc2n[nH]c(=S)s2)c1. The van der Waals surface area contributed by atoms with E-state index in [2.05, 4.69) is 21.8 Å². The molecule has 0 saturated carbocycles. The number of carbonyl (C=O) groups is 1. The Kier molecular flexibility index (Phi) is 7.24. The maximum Gasteiger partial charge on any atom is 0.279 e.